The summed E-state index contributed by atoms with van der Waals surface area (Å²) in [4.78, 5) is 12.4. The van der Waals surface area contributed by atoms with Crippen molar-refractivity contribution < 1.29 is 4.79 Å². The zero-order chi connectivity index (χ0) is 16.5. The van der Waals surface area contributed by atoms with Crippen LogP contribution in [-0.2, 0) is 11.2 Å². The van der Waals surface area contributed by atoms with Crippen LogP contribution in [0.4, 0.5) is 0 Å². The molecule has 24 heavy (non-hydrogen) atoms. The van der Waals surface area contributed by atoms with Crippen molar-refractivity contribution in [1.29, 1.82) is 0 Å². The van der Waals surface area contributed by atoms with Crippen LogP contribution in [-0.4, -0.2) is 19.5 Å². The largest absolute Gasteiger partial charge is 0.349 e. The highest BCUT2D eigenvalue weighted by Crippen LogP contribution is 2.19. The number of hydrogen-bond donors (Lipinski definition) is 2. The molecule has 2 unspecified atom stereocenters. The summed E-state index contributed by atoms with van der Waals surface area (Å²) in [6.45, 7) is 2.64. The summed E-state index contributed by atoms with van der Waals surface area (Å²) in [6, 6.07) is 20.7. The van der Waals surface area contributed by atoms with Gasteiger partial charge in [-0.1, -0.05) is 67.6 Å². The maximum Gasteiger partial charge on any atom is 0.224 e. The van der Waals surface area contributed by atoms with Gasteiger partial charge < -0.3 is 10.6 Å². The number of aryl methyl sites for hydroxylation is 1. The number of benzene rings is 2. The summed E-state index contributed by atoms with van der Waals surface area (Å²) in [5.74, 6) is 0.0594. The molecule has 130 valence electrons. The van der Waals surface area contributed by atoms with Gasteiger partial charge in [0.25, 0.3) is 0 Å². The number of rotatable bonds is 8. The molecule has 0 spiro atoms. The summed E-state index contributed by atoms with van der Waals surface area (Å²) in [6.07, 6.45) is 1.84. The number of halogens is 1. The monoisotopic (exact) mass is 346 g/mol. The molecular formula is C20H27ClN2O. The van der Waals surface area contributed by atoms with Gasteiger partial charge in [-0.05, 0) is 31.0 Å². The van der Waals surface area contributed by atoms with E-state index in [2.05, 4.69) is 47.0 Å². The van der Waals surface area contributed by atoms with E-state index in [4.69, 9.17) is 0 Å². The molecule has 0 aromatic heterocycles. The number of carbonyl (C=O) groups is 1. The molecule has 0 aliphatic rings. The highest BCUT2D eigenvalue weighted by Gasteiger charge is 2.18. The summed E-state index contributed by atoms with van der Waals surface area (Å²) >= 11 is 0. The van der Waals surface area contributed by atoms with Crippen LogP contribution < -0.4 is 10.6 Å². The quantitative estimate of drug-likeness (QED) is 0.764. The van der Waals surface area contributed by atoms with Gasteiger partial charge in [-0.2, -0.15) is 0 Å². The molecule has 2 rings (SSSR count). The van der Waals surface area contributed by atoms with E-state index in [0.29, 0.717) is 6.54 Å². The second-order valence-corrected chi connectivity index (χ2v) is 5.95. The van der Waals surface area contributed by atoms with Crippen LogP contribution in [0.5, 0.6) is 0 Å². The third-order valence-corrected chi connectivity index (χ3v) is 4.04. The Hall–Kier alpha value is -1.84. The molecule has 2 N–H and O–H groups in total. The van der Waals surface area contributed by atoms with Gasteiger partial charge in [0.15, 0.2) is 0 Å². The van der Waals surface area contributed by atoms with Crippen molar-refractivity contribution in [1.82, 2.24) is 10.6 Å². The molecule has 1 amide bonds. The van der Waals surface area contributed by atoms with E-state index in [9.17, 15) is 4.79 Å². The van der Waals surface area contributed by atoms with Crippen molar-refractivity contribution in [2.24, 2.45) is 5.92 Å². The first-order valence-corrected chi connectivity index (χ1v) is 8.24. The van der Waals surface area contributed by atoms with E-state index in [1.807, 2.05) is 38.2 Å². The first-order chi connectivity index (χ1) is 11.2. The molecule has 0 heterocycles. The smallest absolute Gasteiger partial charge is 0.224 e. The first-order valence-electron chi connectivity index (χ1n) is 8.24. The van der Waals surface area contributed by atoms with Crippen LogP contribution >= 0.6 is 12.4 Å². The summed E-state index contributed by atoms with van der Waals surface area (Å²) in [5, 5.41) is 6.27. The minimum Gasteiger partial charge on any atom is -0.349 e. The molecule has 0 aliphatic carbocycles. The molecule has 2 atom stereocenters. The predicted octanol–water partition coefficient (Wildman–Crippen LogP) is 3.75. The van der Waals surface area contributed by atoms with Crippen LogP contribution in [0.2, 0.25) is 0 Å². The Morgan fingerprint density at radius 3 is 2.17 bits per heavy atom. The highest BCUT2D eigenvalue weighted by molar-refractivity contribution is 5.85. The van der Waals surface area contributed by atoms with E-state index in [0.717, 1.165) is 18.4 Å². The molecule has 0 fully saturated rings. The lowest BCUT2D eigenvalue weighted by atomic mass is 9.98. The number of amides is 1. The predicted molar refractivity (Wildman–Crippen MR) is 102 cm³/mol. The standard InChI is InChI=1S/C20H26N2O.ClH/c1-16(15-21-2)20(23)22-19(18-11-7-4-8-12-18)14-13-17-9-5-3-6-10-17;/h3-12,16,19,21H,13-15H2,1-2H3,(H,22,23);1H. The topological polar surface area (TPSA) is 41.1 Å². The normalized spacial score (nSPS) is 12.8. The molecular weight excluding hydrogens is 320 g/mol. The van der Waals surface area contributed by atoms with Gasteiger partial charge in [0.05, 0.1) is 6.04 Å². The fourth-order valence-corrected chi connectivity index (χ4v) is 2.68. The van der Waals surface area contributed by atoms with Crippen LogP contribution in [0.25, 0.3) is 0 Å². The molecule has 4 heteroatoms. The summed E-state index contributed by atoms with van der Waals surface area (Å²) < 4.78 is 0. The van der Waals surface area contributed by atoms with E-state index in [-0.39, 0.29) is 30.3 Å². The first kappa shape index (κ1) is 20.2. The summed E-state index contributed by atoms with van der Waals surface area (Å²) in [5.41, 5.74) is 2.46. The number of nitrogens with one attached hydrogen (secondary N) is 2. The Bertz CT molecular complexity index is 589. The van der Waals surface area contributed by atoms with Crippen molar-refractivity contribution in [3.05, 3.63) is 71.8 Å². The van der Waals surface area contributed by atoms with Gasteiger partial charge >= 0.3 is 0 Å². The number of hydrogen-bond acceptors (Lipinski definition) is 2. The van der Waals surface area contributed by atoms with Crippen molar-refractivity contribution in [2.45, 2.75) is 25.8 Å². The molecule has 2 aromatic carbocycles. The van der Waals surface area contributed by atoms with E-state index in [1.54, 1.807) is 0 Å². The van der Waals surface area contributed by atoms with Crippen molar-refractivity contribution in [2.75, 3.05) is 13.6 Å². The zero-order valence-corrected chi connectivity index (χ0v) is 15.2. The third kappa shape index (κ3) is 6.34. The average molecular weight is 347 g/mol. The molecule has 2 aromatic rings. The Labute approximate surface area is 151 Å². The molecule has 0 radical (unpaired) electrons. The van der Waals surface area contributed by atoms with Gasteiger partial charge in [-0.15, -0.1) is 12.4 Å². The fraction of sp³-hybridized carbons (Fsp3) is 0.350. The van der Waals surface area contributed by atoms with Gasteiger partial charge in [0.1, 0.15) is 0 Å². The van der Waals surface area contributed by atoms with Gasteiger partial charge in [0.2, 0.25) is 5.91 Å². The zero-order valence-electron chi connectivity index (χ0n) is 14.4. The fourth-order valence-electron chi connectivity index (χ4n) is 2.68. The third-order valence-electron chi connectivity index (χ3n) is 4.04. The van der Waals surface area contributed by atoms with Gasteiger partial charge in [-0.25, -0.2) is 0 Å². The molecule has 0 bridgehead atoms. The molecule has 0 aliphatic heterocycles. The Kier molecular flexibility index (Phi) is 9.13. The Balaban J connectivity index is 0.00000288. The maximum absolute atomic E-state index is 12.4. The van der Waals surface area contributed by atoms with Crippen molar-refractivity contribution in [3.63, 3.8) is 0 Å². The van der Waals surface area contributed by atoms with Crippen LogP contribution in [0.15, 0.2) is 60.7 Å². The maximum atomic E-state index is 12.4. The lowest BCUT2D eigenvalue weighted by Gasteiger charge is -2.22. The Morgan fingerprint density at radius 2 is 1.58 bits per heavy atom. The van der Waals surface area contributed by atoms with Crippen LogP contribution in [0.1, 0.15) is 30.5 Å². The number of carbonyl (C=O) groups excluding carboxylic acids is 1. The van der Waals surface area contributed by atoms with E-state index in [1.165, 1.54) is 5.56 Å². The van der Waals surface area contributed by atoms with Gasteiger partial charge in [0, 0.05) is 12.5 Å². The van der Waals surface area contributed by atoms with Crippen molar-refractivity contribution >= 4 is 18.3 Å². The lowest BCUT2D eigenvalue weighted by molar-refractivity contribution is -0.125. The lowest BCUT2D eigenvalue weighted by Crippen LogP contribution is -2.36. The van der Waals surface area contributed by atoms with Crippen LogP contribution in [0, 0.1) is 5.92 Å². The van der Waals surface area contributed by atoms with Crippen molar-refractivity contribution in [3.8, 4) is 0 Å². The SMILES string of the molecule is CNCC(C)C(=O)NC(CCc1ccccc1)c1ccccc1.Cl. The summed E-state index contributed by atoms with van der Waals surface area (Å²) in [7, 11) is 1.87. The second kappa shape index (κ2) is 10.8. The Morgan fingerprint density at radius 1 is 1.00 bits per heavy atom. The molecule has 3 nitrogen and oxygen atoms in total. The molecule has 0 saturated carbocycles. The highest BCUT2D eigenvalue weighted by atomic mass is 35.5. The van der Waals surface area contributed by atoms with Gasteiger partial charge in [-0.3, -0.25) is 4.79 Å². The minimum atomic E-state index is -0.0389. The van der Waals surface area contributed by atoms with Crippen LogP contribution in [0.3, 0.4) is 0 Å². The molecule has 0 saturated heterocycles. The minimum absolute atomic E-state index is 0. The van der Waals surface area contributed by atoms with E-state index >= 15 is 0 Å². The second-order valence-electron chi connectivity index (χ2n) is 5.95. The average Bonchev–Trinajstić information content (AvgIpc) is 2.60. The van der Waals surface area contributed by atoms with E-state index < -0.39 is 0 Å².